The fraction of sp³-hybridized carbons (Fsp3) is 0.625. The minimum absolute atomic E-state index is 0.0185. The number of hydrogen-bond acceptors (Lipinski definition) is 4. The largest absolute Gasteiger partial charge is 0.399 e. The van der Waals surface area contributed by atoms with Crippen LogP contribution in [0.25, 0.3) is 21.9 Å². The van der Waals surface area contributed by atoms with Crippen molar-refractivity contribution in [2.24, 2.45) is 5.73 Å². The molecule has 0 aliphatic carbocycles. The van der Waals surface area contributed by atoms with E-state index in [0.717, 1.165) is 28.4 Å². The second-order valence-corrected chi connectivity index (χ2v) is 15.9. The van der Waals surface area contributed by atoms with Crippen molar-refractivity contribution in [1.29, 1.82) is 0 Å². The topological polar surface area (TPSA) is 61.5 Å². The number of fused-ring (bicyclic) bond motifs is 3. The molecule has 1 atom stereocenters. The molecular weight excluding hydrogens is 477 g/mol. The summed E-state index contributed by atoms with van der Waals surface area (Å²) in [5.74, 6) is 0. The number of hydrogen-bond donors (Lipinski definition) is 1. The van der Waals surface area contributed by atoms with Crippen LogP contribution in [0.5, 0.6) is 0 Å². The molecule has 4 nitrogen and oxygen atoms in total. The molecule has 206 valence electrons. The van der Waals surface area contributed by atoms with Crippen LogP contribution in [0, 0.1) is 0 Å². The van der Waals surface area contributed by atoms with Gasteiger partial charge in [0.2, 0.25) is 0 Å². The minimum atomic E-state index is -1.66. The van der Waals surface area contributed by atoms with Crippen molar-refractivity contribution < 1.29 is 12.9 Å². The molecule has 3 aromatic rings. The average molecular weight is 528 g/mol. The van der Waals surface area contributed by atoms with E-state index in [9.17, 15) is 0 Å². The predicted octanol–water partition coefficient (Wildman–Crippen LogP) is 9.65. The van der Waals surface area contributed by atoms with E-state index in [1.807, 2.05) is 6.92 Å². The Kier molecular flexibility index (Phi) is 8.14. The predicted molar refractivity (Wildman–Crippen MR) is 161 cm³/mol. The molecule has 5 heteroatoms. The zero-order valence-electron chi connectivity index (χ0n) is 25.6. The van der Waals surface area contributed by atoms with Crippen molar-refractivity contribution in [3.63, 3.8) is 0 Å². The lowest BCUT2D eigenvalue weighted by atomic mass is 9.77. The van der Waals surface area contributed by atoms with Crippen molar-refractivity contribution >= 4 is 30.2 Å². The zero-order valence-corrected chi connectivity index (χ0v) is 26.4. The van der Waals surface area contributed by atoms with E-state index in [2.05, 4.69) is 107 Å². The van der Waals surface area contributed by atoms with Gasteiger partial charge >= 0.3 is 8.24 Å². The van der Waals surface area contributed by atoms with Crippen molar-refractivity contribution in [2.75, 3.05) is 6.61 Å². The van der Waals surface area contributed by atoms with Crippen LogP contribution in [-0.4, -0.2) is 12.6 Å². The first kappa shape index (κ1) is 29.8. The van der Waals surface area contributed by atoms with E-state index in [1.54, 1.807) is 0 Å². The molecule has 0 aliphatic heterocycles. The van der Waals surface area contributed by atoms with E-state index in [4.69, 9.17) is 18.7 Å². The highest BCUT2D eigenvalue weighted by atomic mass is 31.1. The molecule has 0 amide bonds. The summed E-state index contributed by atoms with van der Waals surface area (Å²) >= 11 is 0. The Bertz CT molecular complexity index is 1210. The Morgan fingerprint density at radius 2 is 1.05 bits per heavy atom. The van der Waals surface area contributed by atoms with Crippen LogP contribution < -0.4 is 10.3 Å². The second kappa shape index (κ2) is 10.1. The van der Waals surface area contributed by atoms with Crippen LogP contribution >= 0.6 is 8.24 Å². The highest BCUT2D eigenvalue weighted by molar-refractivity contribution is 7.31. The summed E-state index contributed by atoms with van der Waals surface area (Å²) in [5, 5.41) is 2.18. The van der Waals surface area contributed by atoms with Crippen LogP contribution in [-0.2, 0) is 21.7 Å². The molecule has 0 spiro atoms. The van der Waals surface area contributed by atoms with Crippen molar-refractivity contribution in [3.8, 4) is 0 Å². The summed E-state index contributed by atoms with van der Waals surface area (Å²) in [5.41, 5.74) is 12.4. The van der Waals surface area contributed by atoms with Crippen LogP contribution in [0.4, 0.5) is 0 Å². The maximum absolute atomic E-state index is 6.72. The molecule has 0 saturated carbocycles. The molecule has 0 aliphatic rings. The number of rotatable bonds is 4. The van der Waals surface area contributed by atoms with Gasteiger partial charge < -0.3 is 14.1 Å². The Balaban J connectivity index is 2.64. The highest BCUT2D eigenvalue weighted by Crippen LogP contribution is 2.45. The Morgan fingerprint density at radius 1 is 0.676 bits per heavy atom. The van der Waals surface area contributed by atoms with Gasteiger partial charge in [0.1, 0.15) is 11.2 Å². The van der Waals surface area contributed by atoms with E-state index < -0.39 is 8.24 Å². The van der Waals surface area contributed by atoms with Gasteiger partial charge in [-0.2, -0.15) is 0 Å². The highest BCUT2D eigenvalue weighted by Gasteiger charge is 2.28. The first-order chi connectivity index (χ1) is 16.7. The van der Waals surface area contributed by atoms with E-state index in [0.29, 0.717) is 6.61 Å². The number of benzene rings is 2. The lowest BCUT2D eigenvalue weighted by Gasteiger charge is -2.27. The third-order valence-electron chi connectivity index (χ3n) is 6.92. The fourth-order valence-corrected chi connectivity index (χ4v) is 5.46. The third kappa shape index (κ3) is 6.83. The van der Waals surface area contributed by atoms with Crippen LogP contribution in [0.1, 0.15) is 119 Å². The van der Waals surface area contributed by atoms with Gasteiger partial charge in [-0.25, -0.2) is 0 Å². The van der Waals surface area contributed by atoms with Gasteiger partial charge in [-0.15, -0.1) is 0 Å². The van der Waals surface area contributed by atoms with Gasteiger partial charge in [0.25, 0.3) is 0 Å². The molecule has 37 heavy (non-hydrogen) atoms. The van der Waals surface area contributed by atoms with E-state index >= 15 is 0 Å². The van der Waals surface area contributed by atoms with Crippen LogP contribution in [0.2, 0.25) is 0 Å². The lowest BCUT2D eigenvalue weighted by Crippen LogP contribution is -2.17. The normalized spacial score (nSPS) is 14.4. The SMILES string of the molecule is CC(N)CCOp1oc2c(C(C)(C)C)cc(C(C)(C)C)cc2c2cc(C(C)(C)C)cc(C(C)(C)C)c2o1. The van der Waals surface area contributed by atoms with Gasteiger partial charge in [0.05, 0.1) is 6.61 Å². The van der Waals surface area contributed by atoms with E-state index in [1.165, 1.54) is 22.3 Å². The van der Waals surface area contributed by atoms with Crippen molar-refractivity contribution in [1.82, 2.24) is 0 Å². The van der Waals surface area contributed by atoms with Gasteiger partial charge in [0.15, 0.2) is 0 Å². The standard InChI is InChI=1S/C32H50NO3P/c1-20(33)14-15-34-37-35-27-23(16-21(29(2,3)4)18-25(27)31(8,9)10)24-17-22(30(5,6)7)19-26(28(24)36-37)32(11,12)13/h16-20H,14-15,33H2,1-13H3. The smallest absolute Gasteiger partial charge is 0.387 e. The van der Waals surface area contributed by atoms with Crippen LogP contribution in [0.3, 0.4) is 0 Å². The van der Waals surface area contributed by atoms with Gasteiger partial charge in [-0.1, -0.05) is 95.2 Å². The molecule has 3 rings (SSSR count). The quantitative estimate of drug-likeness (QED) is 0.367. The molecule has 2 aromatic carbocycles. The van der Waals surface area contributed by atoms with Gasteiger partial charge in [0, 0.05) is 27.9 Å². The first-order valence-electron chi connectivity index (χ1n) is 13.6. The summed E-state index contributed by atoms with van der Waals surface area (Å²) in [6.45, 7) is 29.6. The maximum atomic E-state index is 6.72. The summed E-state index contributed by atoms with van der Waals surface area (Å²) in [6.07, 6.45) is 0.745. The fourth-order valence-electron chi connectivity index (χ4n) is 4.37. The molecule has 1 unspecified atom stereocenters. The molecule has 0 fully saturated rings. The molecule has 1 aromatic heterocycles. The average Bonchev–Trinajstić information content (AvgIpc) is 2.85. The Labute approximate surface area is 226 Å². The van der Waals surface area contributed by atoms with Gasteiger partial charge in [-0.05, 0) is 58.3 Å². The maximum Gasteiger partial charge on any atom is 0.387 e. The monoisotopic (exact) mass is 527 g/mol. The summed E-state index contributed by atoms with van der Waals surface area (Å²) in [7, 11) is -1.66. The Hall–Kier alpha value is -1.74. The second-order valence-electron chi connectivity index (χ2n) is 14.8. The molecule has 0 radical (unpaired) electrons. The minimum Gasteiger partial charge on any atom is -0.399 e. The summed E-state index contributed by atoms with van der Waals surface area (Å²) in [4.78, 5) is 0. The van der Waals surface area contributed by atoms with Gasteiger partial charge in [-0.3, -0.25) is 4.52 Å². The van der Waals surface area contributed by atoms with Crippen LogP contribution in [0.15, 0.2) is 32.7 Å². The third-order valence-corrected chi connectivity index (χ3v) is 7.97. The molecular formula is C32H50NO3P. The molecule has 0 bridgehead atoms. The van der Waals surface area contributed by atoms with Crippen molar-refractivity contribution in [2.45, 2.75) is 124 Å². The molecule has 2 N–H and O–H groups in total. The zero-order chi connectivity index (χ0) is 28.1. The Morgan fingerprint density at radius 3 is 1.35 bits per heavy atom. The summed E-state index contributed by atoms with van der Waals surface area (Å²) < 4.78 is 19.7. The molecule has 1 heterocycles. The van der Waals surface area contributed by atoms with Crippen molar-refractivity contribution in [3.05, 3.63) is 46.5 Å². The summed E-state index contributed by atoms with van der Waals surface area (Å²) in [6, 6.07) is 9.31. The molecule has 0 saturated heterocycles. The van der Waals surface area contributed by atoms with E-state index in [-0.39, 0.29) is 27.7 Å². The lowest BCUT2D eigenvalue weighted by molar-refractivity contribution is 0.352. The first-order valence-corrected chi connectivity index (χ1v) is 14.7. The number of nitrogens with two attached hydrogens (primary N) is 1.